The largest absolute Gasteiger partial charge is 0.497 e. The maximum Gasteiger partial charge on any atom is 0.329 e. The molecule has 71 heavy (non-hydrogen) atoms. The van der Waals surface area contributed by atoms with E-state index in [0.717, 1.165) is 0 Å². The maximum atomic E-state index is 13.6. The van der Waals surface area contributed by atoms with Crippen LogP contribution in [0, 0.1) is 0 Å². The zero-order valence-corrected chi connectivity index (χ0v) is 40.7. The number of carboxylic acid groups (broad SMARTS) is 1. The average Bonchev–Trinajstić information content (AvgIpc) is 3.38. The number of esters is 3. The Hall–Kier alpha value is -7.54. The van der Waals surface area contributed by atoms with Crippen molar-refractivity contribution >= 4 is 41.7 Å². The summed E-state index contributed by atoms with van der Waals surface area (Å²) in [4.78, 5) is 92.4. The highest BCUT2D eigenvalue weighted by atomic mass is 16.5. The summed E-state index contributed by atoms with van der Waals surface area (Å²) in [7, 11) is 4.59. The van der Waals surface area contributed by atoms with Crippen LogP contribution in [0.5, 0.6) is 17.2 Å². The highest BCUT2D eigenvalue weighted by molar-refractivity contribution is 5.87. The van der Waals surface area contributed by atoms with E-state index in [2.05, 4.69) is 31.3 Å². The third-order valence-electron chi connectivity index (χ3n) is 11.0. The molecule has 3 aromatic carbocycles. The molecule has 0 spiro atoms. The lowest BCUT2D eigenvalue weighted by atomic mass is 10.1. The number of hydrogen-bond donors (Lipinski definition) is 5. The lowest BCUT2D eigenvalue weighted by Gasteiger charge is -2.21. The quantitative estimate of drug-likeness (QED) is 0.0102. The van der Waals surface area contributed by atoms with Gasteiger partial charge in [-0.2, -0.15) is 0 Å². The van der Waals surface area contributed by atoms with Crippen LogP contribution in [-0.2, 0) is 62.8 Å². The summed E-state index contributed by atoms with van der Waals surface area (Å²) in [6, 6.07) is 16.3. The molecule has 0 fully saturated rings. The van der Waals surface area contributed by atoms with Crippen molar-refractivity contribution in [2.24, 2.45) is 5.11 Å². The van der Waals surface area contributed by atoms with E-state index in [0.29, 0.717) is 91.9 Å². The van der Waals surface area contributed by atoms with Crippen LogP contribution in [0.3, 0.4) is 0 Å². The molecule has 0 heterocycles. The topological polar surface area (TPSA) is 292 Å². The first-order valence-electron chi connectivity index (χ1n) is 23.6. The molecule has 0 saturated carbocycles. The number of carbonyl (C=O) groups is 7. The molecule has 0 aromatic heterocycles. The molecular weight excluding hydrogens is 923 g/mol. The third kappa shape index (κ3) is 24.5. The van der Waals surface area contributed by atoms with Crippen molar-refractivity contribution in [3.8, 4) is 17.2 Å². The highest BCUT2D eigenvalue weighted by Gasteiger charge is 2.28. The minimum absolute atomic E-state index is 0.0257. The van der Waals surface area contributed by atoms with Crippen molar-refractivity contribution in [1.29, 1.82) is 0 Å². The Morgan fingerprint density at radius 1 is 0.535 bits per heavy atom. The molecule has 0 radical (unpaired) electrons. The molecule has 0 saturated heterocycles. The van der Waals surface area contributed by atoms with E-state index in [1.807, 2.05) is 0 Å². The number of ether oxygens (including phenoxy) is 6. The molecule has 3 unspecified atom stereocenters. The SMILES string of the molecule is COc1ccc(COC(=O)CCC(NC(=O)NC(CCCCNC(=O)CCCCCCC(=O)NC(CCCCN=[N+]=[N-])C(=O)O)C(=O)OCc2ccc(OC)cc2)C(=O)OCc2ccc(OC)cc2)cc1. The number of benzene rings is 3. The van der Waals surface area contributed by atoms with E-state index in [1.54, 1.807) is 72.8 Å². The summed E-state index contributed by atoms with van der Waals surface area (Å²) >= 11 is 0. The number of nitrogens with zero attached hydrogens (tertiary/aromatic N) is 3. The van der Waals surface area contributed by atoms with Crippen molar-refractivity contribution in [2.75, 3.05) is 34.4 Å². The summed E-state index contributed by atoms with van der Waals surface area (Å²) in [5.74, 6) is -1.98. The molecule has 0 bridgehead atoms. The number of methoxy groups -OCH3 is 3. The van der Waals surface area contributed by atoms with Gasteiger partial charge in [0.1, 0.15) is 55.2 Å². The summed E-state index contributed by atoms with van der Waals surface area (Å²) in [6.07, 6.45) is 4.65. The molecule has 3 atom stereocenters. The molecule has 0 aliphatic rings. The lowest BCUT2D eigenvalue weighted by molar-refractivity contribution is -0.149. The van der Waals surface area contributed by atoms with Crippen LogP contribution in [0.4, 0.5) is 4.79 Å². The maximum absolute atomic E-state index is 13.6. The molecular formula is C50H67N7O14. The summed E-state index contributed by atoms with van der Waals surface area (Å²) in [5, 5.41) is 23.4. The molecule has 386 valence electrons. The van der Waals surface area contributed by atoms with Gasteiger partial charge in [0.05, 0.1) is 21.3 Å². The first kappa shape index (κ1) is 57.8. The van der Waals surface area contributed by atoms with Gasteiger partial charge in [0.2, 0.25) is 11.8 Å². The van der Waals surface area contributed by atoms with Crippen LogP contribution in [-0.4, -0.2) is 99.4 Å². The number of azide groups is 1. The van der Waals surface area contributed by atoms with Gasteiger partial charge in [-0.3, -0.25) is 14.4 Å². The lowest BCUT2D eigenvalue weighted by Crippen LogP contribution is -2.51. The smallest absolute Gasteiger partial charge is 0.329 e. The Balaban J connectivity index is 1.52. The zero-order valence-electron chi connectivity index (χ0n) is 40.7. The van der Waals surface area contributed by atoms with Crippen LogP contribution in [0.15, 0.2) is 77.9 Å². The zero-order chi connectivity index (χ0) is 51.6. The Kier molecular flexibility index (Phi) is 27.6. The number of nitrogens with one attached hydrogen (secondary N) is 4. The average molecular weight is 990 g/mol. The molecule has 4 amide bonds. The van der Waals surface area contributed by atoms with Crippen LogP contribution in [0.25, 0.3) is 10.4 Å². The second kappa shape index (κ2) is 33.9. The van der Waals surface area contributed by atoms with Gasteiger partial charge in [-0.05, 0) is 110 Å². The first-order chi connectivity index (χ1) is 34.3. The predicted molar refractivity (Wildman–Crippen MR) is 259 cm³/mol. The number of amides is 4. The predicted octanol–water partition coefficient (Wildman–Crippen LogP) is 6.74. The van der Waals surface area contributed by atoms with E-state index in [9.17, 15) is 38.7 Å². The monoisotopic (exact) mass is 989 g/mol. The van der Waals surface area contributed by atoms with E-state index in [4.69, 9.17) is 34.0 Å². The second-order valence-corrected chi connectivity index (χ2v) is 16.4. The fraction of sp³-hybridized carbons (Fsp3) is 0.500. The Morgan fingerprint density at radius 3 is 1.46 bits per heavy atom. The Labute approximate surface area is 413 Å². The first-order valence-corrected chi connectivity index (χ1v) is 23.6. The standard InChI is InChI=1S/C50H67N7O14/c1-66-38-22-16-35(17-23-38)32-69-46(60)29-28-43(49(64)71-34-37-20-26-40(68-3)27-21-37)56-50(65)55-42(48(63)70-33-36-18-24-39(67-2)25-19-36)13-8-10-30-52-44(58)14-6-4-5-7-15-45(59)54-41(47(61)62)12-9-11-31-53-57-51/h16-27,41-43H,4-15,28-34H2,1-3H3,(H,52,58)(H,54,59)(H,61,62)(H2,55,56,65). The van der Waals surface area contributed by atoms with Gasteiger partial charge >= 0.3 is 29.9 Å². The number of carboxylic acids is 1. The van der Waals surface area contributed by atoms with Crippen molar-refractivity contribution in [2.45, 2.75) is 128 Å². The van der Waals surface area contributed by atoms with E-state index >= 15 is 0 Å². The molecule has 3 aromatic rings. The number of carbonyl (C=O) groups excluding carboxylic acids is 6. The molecule has 21 heteroatoms. The molecule has 21 nitrogen and oxygen atoms in total. The minimum atomic E-state index is -1.32. The second-order valence-electron chi connectivity index (χ2n) is 16.4. The van der Waals surface area contributed by atoms with Gasteiger partial charge in [-0.25, -0.2) is 19.2 Å². The van der Waals surface area contributed by atoms with E-state index in [1.165, 1.54) is 21.3 Å². The van der Waals surface area contributed by atoms with Crippen molar-refractivity contribution in [3.05, 3.63) is 99.9 Å². The van der Waals surface area contributed by atoms with Crippen LogP contribution < -0.4 is 35.5 Å². The van der Waals surface area contributed by atoms with Crippen molar-refractivity contribution < 1.29 is 67.1 Å². The number of aliphatic carboxylic acids is 1. The van der Waals surface area contributed by atoms with E-state index < -0.39 is 48.0 Å². The van der Waals surface area contributed by atoms with Crippen LogP contribution in [0.1, 0.15) is 107 Å². The van der Waals surface area contributed by atoms with Crippen molar-refractivity contribution in [1.82, 2.24) is 21.3 Å². The van der Waals surface area contributed by atoms with Gasteiger partial charge in [0, 0.05) is 37.3 Å². The highest BCUT2D eigenvalue weighted by Crippen LogP contribution is 2.16. The number of unbranched alkanes of at least 4 members (excludes halogenated alkanes) is 5. The third-order valence-corrected chi connectivity index (χ3v) is 11.0. The number of urea groups is 1. The van der Waals surface area contributed by atoms with Crippen molar-refractivity contribution in [3.63, 3.8) is 0 Å². The number of hydrogen-bond acceptors (Lipinski definition) is 14. The van der Waals surface area contributed by atoms with Gasteiger partial charge in [0.15, 0.2) is 0 Å². The summed E-state index contributed by atoms with van der Waals surface area (Å²) < 4.78 is 32.1. The van der Waals surface area contributed by atoms with Crippen LogP contribution in [0.2, 0.25) is 0 Å². The normalized spacial score (nSPS) is 11.8. The fourth-order valence-corrected chi connectivity index (χ4v) is 6.84. The summed E-state index contributed by atoms with van der Waals surface area (Å²) in [6.45, 7) is 0.299. The molecule has 3 rings (SSSR count). The van der Waals surface area contributed by atoms with Gasteiger partial charge in [0.25, 0.3) is 0 Å². The summed E-state index contributed by atoms with van der Waals surface area (Å²) in [5.41, 5.74) is 10.4. The molecule has 0 aliphatic carbocycles. The van der Waals surface area contributed by atoms with Crippen LogP contribution >= 0.6 is 0 Å². The van der Waals surface area contributed by atoms with E-state index in [-0.39, 0.29) is 76.7 Å². The minimum Gasteiger partial charge on any atom is -0.497 e. The van der Waals surface area contributed by atoms with Gasteiger partial charge in [-0.15, -0.1) is 0 Å². The Bertz CT molecular complexity index is 2170. The van der Waals surface area contributed by atoms with Gasteiger partial charge < -0.3 is 54.8 Å². The number of rotatable bonds is 35. The molecule has 0 aliphatic heterocycles. The molecule has 5 N–H and O–H groups in total. The fourth-order valence-electron chi connectivity index (χ4n) is 6.84. The van der Waals surface area contributed by atoms with Gasteiger partial charge in [-0.1, -0.05) is 60.8 Å². The Morgan fingerprint density at radius 2 is 0.986 bits per heavy atom.